The van der Waals surface area contributed by atoms with Gasteiger partial charge in [-0.05, 0) is 15.6 Å². The molecule has 3 aromatic rings. The predicted octanol–water partition coefficient (Wildman–Crippen LogP) is 4.87. The van der Waals surface area contributed by atoms with E-state index in [9.17, 15) is 44.3 Å². The van der Waals surface area contributed by atoms with Crippen molar-refractivity contribution in [3.05, 3.63) is 104 Å². The molecule has 0 heterocycles. The van der Waals surface area contributed by atoms with Gasteiger partial charge >= 0.3 is 25.7 Å². The molecule has 3 rings (SSSR count). The minimum atomic E-state index is -4.40. The van der Waals surface area contributed by atoms with Crippen LogP contribution in [0.3, 0.4) is 0 Å². The van der Waals surface area contributed by atoms with Crippen molar-refractivity contribution in [1.82, 2.24) is 0 Å². The standard InChI is InChI=1S/C18H16OSi.C2H3F3O.2CF3.Zn/c19-20(16-10-4-1-5-11-16,17-12-6-2-7-13-17)18-14-8-3-9-15-18;3-2(4,5)1-6;2*2-1(3)4;/h1-15,19H;6H,1H2;;;/q;;2*-1;+2. The second-order valence-corrected chi connectivity index (χ2v) is 9.16. The summed E-state index contributed by atoms with van der Waals surface area (Å²) in [6.45, 7) is -7.90. The zero-order valence-corrected chi connectivity index (χ0v) is 21.8. The van der Waals surface area contributed by atoms with E-state index in [1.54, 1.807) is 0 Å². The predicted molar refractivity (Wildman–Crippen MR) is 112 cm³/mol. The minimum absolute atomic E-state index is 0. The molecule has 13 heteroatoms. The third-order valence-electron chi connectivity index (χ3n) is 3.75. The molecule has 3 aromatic carbocycles. The zero-order valence-electron chi connectivity index (χ0n) is 17.9. The molecule has 2 nitrogen and oxygen atoms in total. The van der Waals surface area contributed by atoms with Crippen LogP contribution in [0, 0.1) is 13.4 Å². The molecule has 0 aliphatic carbocycles. The Hall–Kier alpha value is -2.21. The molecule has 0 radical (unpaired) electrons. The SMILES string of the molecule is F[C-](F)F.F[C-](F)F.OCC(F)(F)F.O[Si](c1ccccc1)(c1ccccc1)c1ccccc1.[Zn+2]. The summed E-state index contributed by atoms with van der Waals surface area (Å²) in [6, 6.07) is 30.0. The molecular weight excluding hydrogens is 561 g/mol. The summed E-state index contributed by atoms with van der Waals surface area (Å²) in [5.74, 6) is 0. The minimum Gasteiger partial charge on any atom is -0.421 e. The van der Waals surface area contributed by atoms with Gasteiger partial charge in [0.15, 0.2) is 13.4 Å². The Morgan fingerprint density at radius 3 is 0.886 bits per heavy atom. The molecule has 0 spiro atoms. The number of alkyl halides is 3. The fourth-order valence-corrected chi connectivity index (χ4v) is 5.56. The van der Waals surface area contributed by atoms with Crippen molar-refractivity contribution in [3.63, 3.8) is 0 Å². The Morgan fingerprint density at radius 1 is 0.571 bits per heavy atom. The Kier molecular flexibility index (Phi) is 18.1. The summed E-state index contributed by atoms with van der Waals surface area (Å²) in [5.41, 5.74) is 0. The van der Waals surface area contributed by atoms with Gasteiger partial charge in [-0.1, -0.05) is 91.0 Å². The van der Waals surface area contributed by atoms with E-state index >= 15 is 0 Å². The molecule has 0 unspecified atom stereocenters. The molecule has 188 valence electrons. The van der Waals surface area contributed by atoms with Gasteiger partial charge in [0, 0.05) is 0 Å². The Morgan fingerprint density at radius 2 is 0.743 bits per heavy atom. The van der Waals surface area contributed by atoms with Crippen LogP contribution < -0.4 is 15.6 Å². The van der Waals surface area contributed by atoms with Crippen LogP contribution in [0.25, 0.3) is 0 Å². The molecule has 35 heavy (non-hydrogen) atoms. The molecule has 0 aromatic heterocycles. The van der Waals surface area contributed by atoms with Gasteiger partial charge in [0.05, 0.1) is 0 Å². The van der Waals surface area contributed by atoms with Gasteiger partial charge in [-0.3, -0.25) is 0 Å². The van der Waals surface area contributed by atoms with Gasteiger partial charge in [-0.25, -0.2) is 0 Å². The van der Waals surface area contributed by atoms with E-state index in [4.69, 9.17) is 5.11 Å². The van der Waals surface area contributed by atoms with Crippen molar-refractivity contribution in [2.45, 2.75) is 6.18 Å². The third kappa shape index (κ3) is 15.4. The molecular formula is C22H19F9O2SiZn. The molecule has 2 N–H and O–H groups in total. The number of benzene rings is 3. The van der Waals surface area contributed by atoms with Crippen molar-refractivity contribution in [1.29, 1.82) is 0 Å². The number of aliphatic hydroxyl groups is 1. The molecule has 0 amide bonds. The Balaban J connectivity index is 0. The second kappa shape index (κ2) is 18.1. The van der Waals surface area contributed by atoms with Crippen molar-refractivity contribution >= 4 is 23.9 Å². The number of rotatable bonds is 3. The third-order valence-corrected chi connectivity index (χ3v) is 7.26. The van der Waals surface area contributed by atoms with Crippen LogP contribution in [0.15, 0.2) is 91.0 Å². The number of aliphatic hydroxyl groups excluding tert-OH is 1. The van der Waals surface area contributed by atoms with Crippen molar-refractivity contribution in [2.24, 2.45) is 0 Å². The van der Waals surface area contributed by atoms with Crippen molar-refractivity contribution in [3.8, 4) is 0 Å². The molecule has 0 atom stereocenters. The van der Waals surface area contributed by atoms with Crippen LogP contribution in [0.4, 0.5) is 39.5 Å². The fraction of sp³-hybridized carbons (Fsp3) is 0.0909. The van der Waals surface area contributed by atoms with Crippen LogP contribution in [0.1, 0.15) is 0 Å². The maximum absolute atomic E-state index is 11.6. The van der Waals surface area contributed by atoms with E-state index in [-0.39, 0.29) is 19.5 Å². The summed E-state index contributed by atoms with van der Waals surface area (Å²) in [4.78, 5) is 11.6. The average Bonchev–Trinajstić information content (AvgIpc) is 2.79. The molecule has 0 fully saturated rings. The number of hydrogen-bond acceptors (Lipinski definition) is 2. The Labute approximate surface area is 209 Å². The van der Waals surface area contributed by atoms with Crippen LogP contribution in [0.2, 0.25) is 0 Å². The Bertz CT molecular complexity index is 780. The molecule has 0 saturated heterocycles. The maximum atomic E-state index is 11.6. The summed E-state index contributed by atoms with van der Waals surface area (Å²) < 4.78 is 89.1. The smallest absolute Gasteiger partial charge is 0.421 e. The van der Waals surface area contributed by atoms with Gasteiger partial charge in [-0.2, -0.15) is 13.2 Å². The van der Waals surface area contributed by atoms with E-state index in [2.05, 4.69) is 0 Å². The van der Waals surface area contributed by atoms with Crippen LogP contribution in [-0.4, -0.2) is 31.0 Å². The summed E-state index contributed by atoms with van der Waals surface area (Å²) in [7, 11) is -2.88. The first-order chi connectivity index (χ1) is 15.8. The van der Waals surface area contributed by atoms with Crippen molar-refractivity contribution < 1.29 is 68.9 Å². The first-order valence-corrected chi connectivity index (χ1v) is 11.0. The van der Waals surface area contributed by atoms with Crippen LogP contribution in [-0.2, 0) is 19.5 Å². The second-order valence-electron chi connectivity index (χ2n) is 6.01. The molecule has 0 bridgehead atoms. The van der Waals surface area contributed by atoms with Gasteiger partial charge in [0.2, 0.25) is 0 Å². The topological polar surface area (TPSA) is 40.5 Å². The quantitative estimate of drug-likeness (QED) is 0.201. The maximum Gasteiger partial charge on any atom is 2.00 e. The van der Waals surface area contributed by atoms with E-state index in [0.717, 1.165) is 15.6 Å². The van der Waals surface area contributed by atoms with Crippen molar-refractivity contribution in [2.75, 3.05) is 6.61 Å². The van der Waals surface area contributed by atoms with Gasteiger partial charge < -0.3 is 36.2 Å². The molecule has 0 aliphatic rings. The average molecular weight is 580 g/mol. The summed E-state index contributed by atoms with van der Waals surface area (Å²) >= 11 is 0. The van der Waals surface area contributed by atoms with E-state index in [0.29, 0.717) is 0 Å². The normalized spacial score (nSPS) is 10.5. The summed E-state index contributed by atoms with van der Waals surface area (Å²) in [6.07, 6.45) is -4.40. The van der Waals surface area contributed by atoms with E-state index in [1.165, 1.54) is 0 Å². The molecule has 0 aliphatic heterocycles. The first kappa shape index (κ1) is 35.0. The largest absolute Gasteiger partial charge is 2.00 e. The van der Waals surface area contributed by atoms with Gasteiger partial charge in [-0.15, -0.1) is 0 Å². The van der Waals surface area contributed by atoms with Crippen LogP contribution in [0.5, 0.6) is 0 Å². The van der Waals surface area contributed by atoms with Crippen LogP contribution >= 0.6 is 0 Å². The van der Waals surface area contributed by atoms with E-state index < -0.39 is 34.5 Å². The fourth-order valence-electron chi connectivity index (χ4n) is 2.54. The molecule has 0 saturated carbocycles. The van der Waals surface area contributed by atoms with Gasteiger partial charge in [0.1, 0.15) is 6.61 Å². The summed E-state index contributed by atoms with van der Waals surface area (Å²) in [5, 5.41) is 10.3. The number of hydrogen-bond donors (Lipinski definition) is 2. The number of halogens is 9. The monoisotopic (exact) mass is 578 g/mol. The zero-order chi connectivity index (χ0) is 26.2. The van der Waals surface area contributed by atoms with E-state index in [1.807, 2.05) is 91.0 Å². The first-order valence-electron chi connectivity index (χ1n) is 9.08. The van der Waals surface area contributed by atoms with Gasteiger partial charge in [0.25, 0.3) is 8.32 Å².